The topological polar surface area (TPSA) is 93.3 Å². The Kier molecular flexibility index (Phi) is 4.41. The number of hydrogen-bond donors (Lipinski definition) is 2. The van der Waals surface area contributed by atoms with Crippen LogP contribution in [0.2, 0.25) is 0 Å². The number of nitrogens with zero attached hydrogens (tertiary/aromatic N) is 1. The van der Waals surface area contributed by atoms with Gasteiger partial charge in [0, 0.05) is 6.07 Å². The number of benzene rings is 2. The molecule has 1 heterocycles. The minimum Gasteiger partial charge on any atom is -0.493 e. The van der Waals surface area contributed by atoms with E-state index in [1.165, 1.54) is 26.4 Å². The maximum absolute atomic E-state index is 12.4. The molecule has 0 atom stereocenters. The Balaban J connectivity index is 1.80. The van der Waals surface area contributed by atoms with E-state index in [-0.39, 0.29) is 11.4 Å². The highest BCUT2D eigenvalue weighted by Gasteiger charge is 2.17. The summed E-state index contributed by atoms with van der Waals surface area (Å²) in [6.45, 7) is 0.0609. The Morgan fingerprint density at radius 1 is 1.08 bits per heavy atom. The monoisotopic (exact) mass is 347 g/mol. The first kappa shape index (κ1) is 16.3. The SMILES string of the molecule is COc1ccc(S(=O)(=O)NCc2nc3ccccc3[nH]2)cc1OC. The van der Waals surface area contributed by atoms with E-state index >= 15 is 0 Å². The fourth-order valence-electron chi connectivity index (χ4n) is 2.32. The van der Waals surface area contributed by atoms with Crippen molar-refractivity contribution in [1.29, 1.82) is 0 Å². The summed E-state index contributed by atoms with van der Waals surface area (Å²) in [5.41, 5.74) is 1.65. The summed E-state index contributed by atoms with van der Waals surface area (Å²) in [6, 6.07) is 11.9. The first-order valence-electron chi connectivity index (χ1n) is 7.19. The van der Waals surface area contributed by atoms with Crippen LogP contribution in [0.15, 0.2) is 47.4 Å². The molecule has 24 heavy (non-hydrogen) atoms. The highest BCUT2D eigenvalue weighted by Crippen LogP contribution is 2.29. The Morgan fingerprint density at radius 3 is 2.54 bits per heavy atom. The molecule has 0 saturated carbocycles. The lowest BCUT2D eigenvalue weighted by atomic mass is 10.3. The number of nitrogens with one attached hydrogen (secondary N) is 2. The quantitative estimate of drug-likeness (QED) is 0.712. The van der Waals surface area contributed by atoms with E-state index in [2.05, 4.69) is 14.7 Å². The van der Waals surface area contributed by atoms with Crippen molar-refractivity contribution in [2.75, 3.05) is 14.2 Å². The molecule has 8 heteroatoms. The summed E-state index contributed by atoms with van der Waals surface area (Å²) in [4.78, 5) is 7.51. The lowest BCUT2D eigenvalue weighted by Gasteiger charge is -2.10. The van der Waals surface area contributed by atoms with Gasteiger partial charge < -0.3 is 14.5 Å². The fourth-order valence-corrected chi connectivity index (χ4v) is 3.32. The lowest BCUT2D eigenvalue weighted by Crippen LogP contribution is -2.23. The van der Waals surface area contributed by atoms with Crippen molar-refractivity contribution in [2.45, 2.75) is 11.4 Å². The zero-order valence-electron chi connectivity index (χ0n) is 13.2. The Labute approximate surface area is 139 Å². The van der Waals surface area contributed by atoms with E-state index in [4.69, 9.17) is 9.47 Å². The lowest BCUT2D eigenvalue weighted by molar-refractivity contribution is 0.354. The molecule has 2 N–H and O–H groups in total. The Bertz CT molecular complexity index is 933. The zero-order chi connectivity index (χ0) is 17.2. The molecule has 0 aliphatic heterocycles. The van der Waals surface area contributed by atoms with Crippen molar-refractivity contribution in [1.82, 2.24) is 14.7 Å². The average molecular weight is 347 g/mol. The normalized spacial score (nSPS) is 11.6. The van der Waals surface area contributed by atoms with Gasteiger partial charge in [-0.05, 0) is 24.3 Å². The van der Waals surface area contributed by atoms with Gasteiger partial charge in [0.05, 0.1) is 36.7 Å². The molecule has 2 aromatic carbocycles. The summed E-state index contributed by atoms with van der Waals surface area (Å²) in [5.74, 6) is 1.36. The second-order valence-electron chi connectivity index (χ2n) is 5.04. The van der Waals surface area contributed by atoms with Gasteiger partial charge in [0.25, 0.3) is 0 Å². The van der Waals surface area contributed by atoms with E-state index in [1.807, 2.05) is 24.3 Å². The molecule has 0 aliphatic carbocycles. The number of imidazole rings is 1. The minimum atomic E-state index is -3.70. The fraction of sp³-hybridized carbons (Fsp3) is 0.188. The van der Waals surface area contributed by atoms with Gasteiger partial charge in [-0.25, -0.2) is 18.1 Å². The van der Waals surface area contributed by atoms with E-state index in [0.717, 1.165) is 11.0 Å². The van der Waals surface area contributed by atoms with Crippen LogP contribution in [0, 0.1) is 0 Å². The summed E-state index contributed by atoms with van der Waals surface area (Å²) < 4.78 is 37.7. The number of hydrogen-bond acceptors (Lipinski definition) is 5. The standard InChI is InChI=1S/C16H17N3O4S/c1-22-14-8-7-11(9-15(14)23-2)24(20,21)17-10-16-18-12-5-3-4-6-13(12)19-16/h3-9,17H,10H2,1-2H3,(H,18,19). The number of methoxy groups -OCH3 is 2. The Morgan fingerprint density at radius 2 is 1.83 bits per heavy atom. The number of rotatable bonds is 6. The molecule has 3 rings (SSSR count). The smallest absolute Gasteiger partial charge is 0.241 e. The van der Waals surface area contributed by atoms with Gasteiger partial charge in [-0.3, -0.25) is 0 Å². The predicted octanol–water partition coefficient (Wildman–Crippen LogP) is 2.06. The molecule has 7 nitrogen and oxygen atoms in total. The van der Waals surface area contributed by atoms with Crippen LogP contribution in [-0.2, 0) is 16.6 Å². The Hall–Kier alpha value is -2.58. The third kappa shape index (κ3) is 3.19. The predicted molar refractivity (Wildman–Crippen MR) is 89.7 cm³/mol. The van der Waals surface area contributed by atoms with Crippen LogP contribution >= 0.6 is 0 Å². The summed E-state index contributed by atoms with van der Waals surface area (Å²) in [6.07, 6.45) is 0. The van der Waals surface area contributed by atoms with Crippen molar-refractivity contribution in [3.63, 3.8) is 0 Å². The minimum absolute atomic E-state index is 0.0609. The first-order valence-corrected chi connectivity index (χ1v) is 8.67. The number of ether oxygens (including phenoxy) is 2. The van der Waals surface area contributed by atoms with Crippen LogP contribution in [-0.4, -0.2) is 32.6 Å². The maximum Gasteiger partial charge on any atom is 0.241 e. The second kappa shape index (κ2) is 6.50. The van der Waals surface area contributed by atoms with Crippen LogP contribution in [0.1, 0.15) is 5.82 Å². The molecule has 126 valence electrons. The van der Waals surface area contributed by atoms with Crippen molar-refractivity contribution in [2.24, 2.45) is 0 Å². The molecule has 0 bridgehead atoms. The van der Waals surface area contributed by atoms with Crippen LogP contribution < -0.4 is 14.2 Å². The zero-order valence-corrected chi connectivity index (χ0v) is 14.1. The number of sulfonamides is 1. The largest absolute Gasteiger partial charge is 0.493 e. The van der Waals surface area contributed by atoms with Gasteiger partial charge in [-0.1, -0.05) is 12.1 Å². The molecule has 3 aromatic rings. The highest BCUT2D eigenvalue weighted by atomic mass is 32.2. The van der Waals surface area contributed by atoms with Crippen LogP contribution in [0.3, 0.4) is 0 Å². The van der Waals surface area contributed by atoms with Gasteiger partial charge >= 0.3 is 0 Å². The molecule has 0 amide bonds. The number of aromatic amines is 1. The number of fused-ring (bicyclic) bond motifs is 1. The van der Waals surface area contributed by atoms with Crippen molar-refractivity contribution in [3.8, 4) is 11.5 Å². The second-order valence-corrected chi connectivity index (χ2v) is 6.81. The average Bonchev–Trinajstić information content (AvgIpc) is 3.02. The molecule has 0 spiro atoms. The summed E-state index contributed by atoms with van der Waals surface area (Å²) in [5, 5.41) is 0. The van der Waals surface area contributed by atoms with E-state index in [1.54, 1.807) is 6.07 Å². The molecular formula is C16H17N3O4S. The van der Waals surface area contributed by atoms with E-state index in [9.17, 15) is 8.42 Å². The number of para-hydroxylation sites is 2. The van der Waals surface area contributed by atoms with Crippen molar-refractivity contribution < 1.29 is 17.9 Å². The van der Waals surface area contributed by atoms with Gasteiger partial charge in [0.15, 0.2) is 11.5 Å². The maximum atomic E-state index is 12.4. The van der Waals surface area contributed by atoms with E-state index < -0.39 is 10.0 Å². The third-order valence-electron chi connectivity index (χ3n) is 3.53. The number of H-pyrrole nitrogens is 1. The van der Waals surface area contributed by atoms with Crippen LogP contribution in [0.4, 0.5) is 0 Å². The third-order valence-corrected chi connectivity index (χ3v) is 4.93. The van der Waals surface area contributed by atoms with Gasteiger partial charge in [-0.2, -0.15) is 0 Å². The molecule has 1 aromatic heterocycles. The van der Waals surface area contributed by atoms with Crippen LogP contribution in [0.25, 0.3) is 11.0 Å². The first-order chi connectivity index (χ1) is 11.5. The molecule has 0 aliphatic rings. The molecule has 0 saturated heterocycles. The van der Waals surface area contributed by atoms with Crippen molar-refractivity contribution in [3.05, 3.63) is 48.3 Å². The van der Waals surface area contributed by atoms with Gasteiger partial charge in [-0.15, -0.1) is 0 Å². The highest BCUT2D eigenvalue weighted by molar-refractivity contribution is 7.89. The summed E-state index contributed by atoms with van der Waals surface area (Å²) >= 11 is 0. The molecule has 0 unspecified atom stereocenters. The van der Waals surface area contributed by atoms with Gasteiger partial charge in [0.2, 0.25) is 10.0 Å². The van der Waals surface area contributed by atoms with Crippen molar-refractivity contribution >= 4 is 21.1 Å². The molecule has 0 radical (unpaired) electrons. The van der Waals surface area contributed by atoms with Crippen LogP contribution in [0.5, 0.6) is 11.5 Å². The van der Waals surface area contributed by atoms with E-state index in [0.29, 0.717) is 17.3 Å². The molecule has 0 fully saturated rings. The number of aromatic nitrogens is 2. The molecular weight excluding hydrogens is 330 g/mol. The van der Waals surface area contributed by atoms with Gasteiger partial charge in [0.1, 0.15) is 5.82 Å². The summed E-state index contributed by atoms with van der Waals surface area (Å²) in [7, 11) is -0.753.